The topological polar surface area (TPSA) is 165 Å². The van der Waals surface area contributed by atoms with E-state index in [2.05, 4.69) is 15.0 Å². The molecule has 0 radical (unpaired) electrons. The third-order valence-corrected chi connectivity index (χ3v) is 3.20. The van der Waals surface area contributed by atoms with Gasteiger partial charge < -0.3 is 21.7 Å². The highest BCUT2D eigenvalue weighted by molar-refractivity contribution is 5.92. The molecule has 0 aromatic carbocycles. The minimum Gasteiger partial charge on any atom is -0.478 e. The highest BCUT2D eigenvalue weighted by Gasteiger charge is 2.08. The van der Waals surface area contributed by atoms with E-state index in [1.54, 1.807) is 24.8 Å². The van der Waals surface area contributed by atoms with Gasteiger partial charge in [0.2, 0.25) is 0 Å². The third-order valence-electron chi connectivity index (χ3n) is 3.20. The fraction of sp³-hybridized carbons (Fsp3) is 0.105. The van der Waals surface area contributed by atoms with Gasteiger partial charge in [-0.15, -0.1) is 0 Å². The van der Waals surface area contributed by atoms with Crippen LogP contribution >= 0.6 is 0 Å². The van der Waals surface area contributed by atoms with Crippen LogP contribution in [0, 0.1) is 0 Å². The van der Waals surface area contributed by atoms with Gasteiger partial charge in [0.15, 0.2) is 0 Å². The van der Waals surface area contributed by atoms with E-state index < -0.39 is 11.9 Å². The molecule has 0 atom stereocenters. The van der Waals surface area contributed by atoms with Gasteiger partial charge in [0.05, 0.1) is 5.56 Å². The Hall–Kier alpha value is -3.69. The summed E-state index contributed by atoms with van der Waals surface area (Å²) in [5.74, 6) is -2.40. The first kappa shape index (κ1) is 22.4. The Morgan fingerprint density at radius 2 is 1.21 bits per heavy atom. The number of pyridine rings is 3. The monoisotopic (exact) mass is 383 g/mol. The van der Waals surface area contributed by atoms with Crippen LogP contribution < -0.4 is 11.5 Å². The van der Waals surface area contributed by atoms with Gasteiger partial charge in [-0.3, -0.25) is 9.97 Å². The quantitative estimate of drug-likeness (QED) is 0.523. The Morgan fingerprint density at radius 3 is 1.54 bits per heavy atom. The van der Waals surface area contributed by atoms with Crippen molar-refractivity contribution in [1.82, 2.24) is 15.0 Å². The number of hydrogen-bond donors (Lipinski definition) is 4. The van der Waals surface area contributed by atoms with Crippen LogP contribution in [0.1, 0.15) is 32.0 Å². The molecule has 0 aliphatic carbocycles. The zero-order valence-electron chi connectivity index (χ0n) is 15.0. The van der Waals surface area contributed by atoms with Gasteiger partial charge in [0.25, 0.3) is 0 Å². The predicted octanol–water partition coefficient (Wildman–Crippen LogP) is 1.56. The van der Waals surface area contributed by atoms with Gasteiger partial charge in [-0.2, -0.15) is 0 Å². The fourth-order valence-corrected chi connectivity index (χ4v) is 1.72. The highest BCUT2D eigenvalue weighted by atomic mass is 16.4. The molecule has 3 heterocycles. The summed E-state index contributed by atoms with van der Waals surface area (Å²) in [5.41, 5.74) is 12.5. The van der Waals surface area contributed by atoms with Crippen molar-refractivity contribution in [3.63, 3.8) is 0 Å². The summed E-state index contributed by atoms with van der Waals surface area (Å²) in [6, 6.07) is 9.85. The van der Waals surface area contributed by atoms with Crippen LogP contribution in [-0.4, -0.2) is 37.1 Å². The molecule has 0 saturated heterocycles. The SMILES string of the molecule is NCc1ccncc1.NCc1ccncc1.O=C(O)c1ccnc(C(=O)O)c1. The van der Waals surface area contributed by atoms with Gasteiger partial charge in [-0.1, -0.05) is 0 Å². The smallest absolute Gasteiger partial charge is 0.354 e. The molecule has 9 heteroatoms. The van der Waals surface area contributed by atoms with E-state index in [4.69, 9.17) is 21.7 Å². The summed E-state index contributed by atoms with van der Waals surface area (Å²) in [7, 11) is 0. The van der Waals surface area contributed by atoms with Gasteiger partial charge in [-0.05, 0) is 47.5 Å². The molecule has 3 aromatic heterocycles. The molecule has 0 spiro atoms. The van der Waals surface area contributed by atoms with Crippen molar-refractivity contribution in [1.29, 1.82) is 0 Å². The maximum Gasteiger partial charge on any atom is 0.354 e. The average molecular weight is 383 g/mol. The summed E-state index contributed by atoms with van der Waals surface area (Å²) in [6.07, 6.45) is 8.10. The van der Waals surface area contributed by atoms with Crippen LogP contribution in [0.2, 0.25) is 0 Å². The Morgan fingerprint density at radius 1 is 0.750 bits per heavy atom. The van der Waals surface area contributed by atoms with Crippen molar-refractivity contribution in [2.45, 2.75) is 13.1 Å². The van der Waals surface area contributed by atoms with Gasteiger partial charge >= 0.3 is 11.9 Å². The summed E-state index contributed by atoms with van der Waals surface area (Å²) < 4.78 is 0. The third kappa shape index (κ3) is 8.61. The number of aromatic carboxylic acids is 2. The number of carbonyl (C=O) groups is 2. The van der Waals surface area contributed by atoms with E-state index in [1.807, 2.05) is 24.3 Å². The molecule has 9 nitrogen and oxygen atoms in total. The zero-order chi connectivity index (χ0) is 20.8. The molecule has 0 amide bonds. The maximum absolute atomic E-state index is 10.4. The van der Waals surface area contributed by atoms with Crippen LogP contribution in [0.3, 0.4) is 0 Å². The van der Waals surface area contributed by atoms with Crippen LogP contribution in [0.15, 0.2) is 67.4 Å². The highest BCUT2D eigenvalue weighted by Crippen LogP contribution is 2.01. The lowest BCUT2D eigenvalue weighted by molar-refractivity contribution is 0.0690. The molecule has 0 aliphatic heterocycles. The average Bonchev–Trinajstić information content (AvgIpc) is 2.76. The normalized spacial score (nSPS) is 9.21. The van der Waals surface area contributed by atoms with Crippen LogP contribution in [0.25, 0.3) is 0 Å². The van der Waals surface area contributed by atoms with Crippen LogP contribution in [0.4, 0.5) is 0 Å². The van der Waals surface area contributed by atoms with Crippen molar-refractivity contribution >= 4 is 11.9 Å². The molecule has 0 fully saturated rings. The summed E-state index contributed by atoms with van der Waals surface area (Å²) in [6.45, 7) is 1.20. The number of carboxylic acids is 2. The van der Waals surface area contributed by atoms with Gasteiger partial charge in [-0.25, -0.2) is 14.6 Å². The van der Waals surface area contributed by atoms with Crippen molar-refractivity contribution in [3.8, 4) is 0 Å². The number of rotatable bonds is 4. The predicted molar refractivity (Wildman–Crippen MR) is 102 cm³/mol. The summed E-state index contributed by atoms with van der Waals surface area (Å²) in [4.78, 5) is 31.8. The first-order valence-electron chi connectivity index (χ1n) is 8.08. The van der Waals surface area contributed by atoms with Crippen molar-refractivity contribution < 1.29 is 19.8 Å². The molecule has 28 heavy (non-hydrogen) atoms. The Labute approximate surface area is 161 Å². The van der Waals surface area contributed by atoms with E-state index in [0.29, 0.717) is 13.1 Å². The van der Waals surface area contributed by atoms with E-state index in [9.17, 15) is 9.59 Å². The molecule has 3 aromatic rings. The minimum atomic E-state index is -1.24. The molecular formula is C19H21N5O4. The molecule has 146 valence electrons. The van der Waals surface area contributed by atoms with Crippen molar-refractivity contribution in [3.05, 3.63) is 89.8 Å². The first-order chi connectivity index (χ1) is 13.5. The van der Waals surface area contributed by atoms with E-state index >= 15 is 0 Å². The molecular weight excluding hydrogens is 362 g/mol. The van der Waals surface area contributed by atoms with Crippen LogP contribution in [-0.2, 0) is 13.1 Å². The number of hydrogen-bond acceptors (Lipinski definition) is 7. The number of nitrogens with zero attached hydrogens (tertiary/aromatic N) is 3. The van der Waals surface area contributed by atoms with E-state index in [1.165, 1.54) is 6.07 Å². The van der Waals surface area contributed by atoms with Crippen molar-refractivity contribution in [2.24, 2.45) is 11.5 Å². The Balaban J connectivity index is 0.000000217. The standard InChI is InChI=1S/C7H5NO4.2C6H8N2/c9-6(10)4-1-2-8-5(3-4)7(11)12;2*7-5-6-1-3-8-4-2-6/h1-3H,(H,9,10)(H,11,12);2*1-4H,5,7H2. The Kier molecular flexibility index (Phi) is 10.1. The van der Waals surface area contributed by atoms with Crippen LogP contribution in [0.5, 0.6) is 0 Å². The summed E-state index contributed by atoms with van der Waals surface area (Å²) >= 11 is 0. The van der Waals surface area contributed by atoms with E-state index in [0.717, 1.165) is 23.4 Å². The second kappa shape index (κ2) is 12.6. The number of aromatic nitrogens is 3. The fourth-order valence-electron chi connectivity index (χ4n) is 1.72. The molecule has 0 saturated carbocycles. The first-order valence-corrected chi connectivity index (χ1v) is 8.08. The second-order valence-electron chi connectivity index (χ2n) is 5.16. The zero-order valence-corrected chi connectivity index (χ0v) is 15.0. The molecule has 0 bridgehead atoms. The lowest BCUT2D eigenvalue weighted by Crippen LogP contribution is -2.03. The van der Waals surface area contributed by atoms with Gasteiger partial charge in [0.1, 0.15) is 5.69 Å². The maximum atomic E-state index is 10.4. The number of carboxylic acid groups (broad SMARTS) is 2. The summed E-state index contributed by atoms with van der Waals surface area (Å²) in [5, 5.41) is 16.9. The molecule has 0 unspecified atom stereocenters. The minimum absolute atomic E-state index is 0.0811. The van der Waals surface area contributed by atoms with E-state index in [-0.39, 0.29) is 11.3 Å². The molecule has 0 aliphatic rings. The van der Waals surface area contributed by atoms with Crippen molar-refractivity contribution in [2.75, 3.05) is 0 Å². The Bertz CT molecular complexity index is 792. The number of nitrogens with two attached hydrogens (primary N) is 2. The lowest BCUT2D eigenvalue weighted by atomic mass is 10.2. The molecule has 3 rings (SSSR count). The largest absolute Gasteiger partial charge is 0.478 e. The molecule has 6 N–H and O–H groups in total. The van der Waals surface area contributed by atoms with Gasteiger partial charge in [0, 0.05) is 44.1 Å². The lowest BCUT2D eigenvalue weighted by Gasteiger charge is -1.94. The second-order valence-corrected chi connectivity index (χ2v) is 5.16.